The summed E-state index contributed by atoms with van der Waals surface area (Å²) in [5.41, 5.74) is 3.54. The third-order valence-corrected chi connectivity index (χ3v) is 4.87. The summed E-state index contributed by atoms with van der Waals surface area (Å²) >= 11 is 0. The van der Waals surface area contributed by atoms with Gasteiger partial charge < -0.3 is 0 Å². The Morgan fingerprint density at radius 1 is 1.00 bits per heavy atom. The maximum Gasteiger partial charge on any atom is 0.0903 e. The van der Waals surface area contributed by atoms with Crippen LogP contribution in [0.5, 0.6) is 0 Å². The van der Waals surface area contributed by atoms with Crippen molar-refractivity contribution in [3.05, 3.63) is 0 Å². The van der Waals surface area contributed by atoms with Gasteiger partial charge in [-0.3, -0.25) is 10.2 Å². The maximum absolute atomic E-state index is 3.66. The van der Waals surface area contributed by atoms with Crippen LogP contribution in [0.4, 0.5) is 0 Å². The topological polar surface area (TPSA) is 30.5 Å². The molecule has 0 saturated carbocycles. The van der Waals surface area contributed by atoms with E-state index in [1.54, 1.807) is 0 Å². The van der Waals surface area contributed by atoms with Crippen molar-refractivity contribution < 1.29 is 0 Å². The number of rotatable bonds is 7. The molecule has 2 aliphatic heterocycles. The Kier molecular flexibility index (Phi) is 6.27. The molecule has 0 radical (unpaired) electrons. The summed E-state index contributed by atoms with van der Waals surface area (Å²) in [6.45, 7) is 11.6. The molecule has 2 N–H and O–H groups in total. The van der Waals surface area contributed by atoms with Crippen molar-refractivity contribution in [3.8, 4) is 0 Å². The monoisotopic (exact) mass is 282 g/mol. The molecule has 3 unspecified atom stereocenters. The molecule has 20 heavy (non-hydrogen) atoms. The smallest absolute Gasteiger partial charge is 0.0903 e. The van der Waals surface area contributed by atoms with Gasteiger partial charge >= 0.3 is 0 Å². The molecular formula is C16H34N4. The first-order chi connectivity index (χ1) is 9.63. The zero-order valence-electron chi connectivity index (χ0n) is 13.9. The fourth-order valence-electron chi connectivity index (χ4n) is 3.63. The second kappa shape index (κ2) is 7.74. The molecule has 0 aromatic heterocycles. The minimum atomic E-state index is 0.402. The number of unbranched alkanes of at least 4 members (excludes halogenated alkanes) is 5. The van der Waals surface area contributed by atoms with E-state index in [1.807, 2.05) is 0 Å². The lowest BCUT2D eigenvalue weighted by atomic mass is 10.1. The number of hydrogen-bond acceptors (Lipinski definition) is 4. The Morgan fingerprint density at radius 3 is 2.45 bits per heavy atom. The van der Waals surface area contributed by atoms with E-state index >= 15 is 0 Å². The lowest BCUT2D eigenvalue weighted by Gasteiger charge is -2.46. The third kappa shape index (κ3) is 3.94. The van der Waals surface area contributed by atoms with Crippen LogP contribution in [0.2, 0.25) is 0 Å². The van der Waals surface area contributed by atoms with Crippen molar-refractivity contribution in [2.24, 2.45) is 0 Å². The molecule has 2 heterocycles. The molecule has 0 aromatic carbocycles. The van der Waals surface area contributed by atoms with Gasteiger partial charge in [0, 0.05) is 18.6 Å². The molecule has 0 aliphatic carbocycles. The van der Waals surface area contributed by atoms with Crippen molar-refractivity contribution >= 4 is 0 Å². The maximum atomic E-state index is 3.66. The fourth-order valence-corrected chi connectivity index (χ4v) is 3.63. The van der Waals surface area contributed by atoms with Gasteiger partial charge in [-0.15, -0.1) is 0 Å². The SMILES string of the molecule is CCCCCCCCN1CC(C)N2N[C@@H](C)NC2C1C. The highest BCUT2D eigenvalue weighted by Gasteiger charge is 2.42. The molecule has 0 amide bonds. The Hall–Kier alpha value is -0.160. The standard InChI is InChI=1S/C16H34N4/c1-5-6-7-8-9-10-11-19-12-13(2)20-16(14(19)3)17-15(4)18-20/h13-18H,5-12H2,1-4H3/t13?,14?,15-,16?/m0/s1. The van der Waals surface area contributed by atoms with Crippen LogP contribution in [-0.4, -0.2) is 47.4 Å². The first-order valence-corrected chi connectivity index (χ1v) is 8.68. The van der Waals surface area contributed by atoms with Gasteiger partial charge in [-0.1, -0.05) is 39.0 Å². The van der Waals surface area contributed by atoms with Crippen LogP contribution in [0, 0.1) is 0 Å². The van der Waals surface area contributed by atoms with Gasteiger partial charge in [0.2, 0.25) is 0 Å². The average Bonchev–Trinajstić information content (AvgIpc) is 2.82. The molecular weight excluding hydrogens is 248 g/mol. The Bertz CT molecular complexity index is 284. The fraction of sp³-hybridized carbons (Fsp3) is 1.00. The van der Waals surface area contributed by atoms with Crippen molar-refractivity contribution in [3.63, 3.8) is 0 Å². The minimum absolute atomic E-state index is 0.402. The molecule has 4 atom stereocenters. The molecule has 2 saturated heterocycles. The summed E-state index contributed by atoms with van der Waals surface area (Å²) in [6.07, 6.45) is 9.20. The van der Waals surface area contributed by atoms with E-state index in [1.165, 1.54) is 51.6 Å². The van der Waals surface area contributed by atoms with Gasteiger partial charge in [-0.25, -0.2) is 10.4 Å². The second-order valence-electron chi connectivity index (χ2n) is 6.72. The highest BCUT2D eigenvalue weighted by molar-refractivity contribution is 4.94. The Balaban J connectivity index is 1.72. The number of nitrogens with one attached hydrogen (secondary N) is 2. The van der Waals surface area contributed by atoms with E-state index in [9.17, 15) is 0 Å². The second-order valence-corrected chi connectivity index (χ2v) is 6.72. The summed E-state index contributed by atoms with van der Waals surface area (Å²) in [4.78, 5) is 2.68. The molecule has 4 heteroatoms. The van der Waals surface area contributed by atoms with Crippen LogP contribution in [-0.2, 0) is 0 Å². The van der Waals surface area contributed by atoms with Crippen LogP contribution in [0.3, 0.4) is 0 Å². The first kappa shape index (κ1) is 16.2. The largest absolute Gasteiger partial charge is 0.296 e. The van der Waals surface area contributed by atoms with Gasteiger partial charge in [0.25, 0.3) is 0 Å². The molecule has 0 aromatic rings. The minimum Gasteiger partial charge on any atom is -0.296 e. The molecule has 0 bridgehead atoms. The predicted molar refractivity (Wildman–Crippen MR) is 85.2 cm³/mol. The zero-order chi connectivity index (χ0) is 14.5. The number of nitrogens with zero attached hydrogens (tertiary/aromatic N) is 2. The summed E-state index contributed by atoms with van der Waals surface area (Å²) < 4.78 is 0. The van der Waals surface area contributed by atoms with Crippen molar-refractivity contribution in [2.75, 3.05) is 13.1 Å². The quantitative estimate of drug-likeness (QED) is 0.703. The number of hydrogen-bond donors (Lipinski definition) is 2. The number of piperazine rings is 1. The van der Waals surface area contributed by atoms with Crippen LogP contribution in [0.15, 0.2) is 0 Å². The highest BCUT2D eigenvalue weighted by Crippen LogP contribution is 2.22. The van der Waals surface area contributed by atoms with E-state index in [0.717, 1.165) is 0 Å². The molecule has 4 nitrogen and oxygen atoms in total. The Labute approximate surface area is 125 Å². The molecule has 0 spiro atoms. The molecule has 118 valence electrons. The van der Waals surface area contributed by atoms with Gasteiger partial charge in [0.05, 0.1) is 12.3 Å². The summed E-state index contributed by atoms with van der Waals surface area (Å²) in [5.74, 6) is 0. The van der Waals surface area contributed by atoms with Crippen LogP contribution < -0.4 is 10.7 Å². The third-order valence-electron chi connectivity index (χ3n) is 4.87. The van der Waals surface area contributed by atoms with E-state index in [-0.39, 0.29) is 0 Å². The first-order valence-electron chi connectivity index (χ1n) is 8.68. The zero-order valence-corrected chi connectivity index (χ0v) is 13.9. The summed E-state index contributed by atoms with van der Waals surface area (Å²) in [5, 5.41) is 6.08. The summed E-state index contributed by atoms with van der Waals surface area (Å²) in [6, 6.07) is 1.19. The van der Waals surface area contributed by atoms with Gasteiger partial charge in [0.1, 0.15) is 0 Å². The number of fused-ring (bicyclic) bond motifs is 1. The highest BCUT2D eigenvalue weighted by atomic mass is 15.7. The van der Waals surface area contributed by atoms with Crippen molar-refractivity contribution in [1.29, 1.82) is 0 Å². The van der Waals surface area contributed by atoms with Crippen LogP contribution in [0.1, 0.15) is 66.2 Å². The predicted octanol–water partition coefficient (Wildman–Crippen LogP) is 2.52. The number of hydrazine groups is 1. The van der Waals surface area contributed by atoms with Gasteiger partial charge in [-0.2, -0.15) is 0 Å². The molecule has 2 rings (SSSR count). The average molecular weight is 282 g/mol. The van der Waals surface area contributed by atoms with Crippen molar-refractivity contribution in [2.45, 2.75) is 90.6 Å². The van der Waals surface area contributed by atoms with E-state index in [0.29, 0.717) is 24.4 Å². The van der Waals surface area contributed by atoms with E-state index < -0.39 is 0 Å². The Morgan fingerprint density at radius 2 is 1.70 bits per heavy atom. The van der Waals surface area contributed by atoms with Crippen LogP contribution in [0.25, 0.3) is 0 Å². The van der Waals surface area contributed by atoms with Gasteiger partial charge in [-0.05, 0) is 33.7 Å². The normalized spacial score (nSPS) is 35.4. The molecule has 2 fully saturated rings. The van der Waals surface area contributed by atoms with E-state index in [2.05, 4.69) is 48.3 Å². The lowest BCUT2D eigenvalue weighted by molar-refractivity contribution is -0.0177. The van der Waals surface area contributed by atoms with Gasteiger partial charge in [0.15, 0.2) is 0 Å². The summed E-state index contributed by atoms with van der Waals surface area (Å²) in [7, 11) is 0. The lowest BCUT2D eigenvalue weighted by Crippen LogP contribution is -2.64. The van der Waals surface area contributed by atoms with E-state index in [4.69, 9.17) is 0 Å². The van der Waals surface area contributed by atoms with Crippen molar-refractivity contribution in [1.82, 2.24) is 20.7 Å². The molecule has 2 aliphatic rings. The van der Waals surface area contributed by atoms with Crippen LogP contribution >= 0.6 is 0 Å².